The predicted octanol–water partition coefficient (Wildman–Crippen LogP) is 3.39. The third-order valence-corrected chi connectivity index (χ3v) is 3.56. The van der Waals surface area contributed by atoms with Gasteiger partial charge in [0.2, 0.25) is 0 Å². The number of nitro groups is 1. The van der Waals surface area contributed by atoms with E-state index in [2.05, 4.69) is 0 Å². The van der Waals surface area contributed by atoms with E-state index in [1.165, 1.54) is 23.1 Å². The molecule has 0 heterocycles. The molecule has 0 spiro atoms. The molecule has 0 saturated carbocycles. The van der Waals surface area contributed by atoms with Gasteiger partial charge in [0.25, 0.3) is 11.6 Å². The molecule has 0 aliphatic heterocycles. The Hall–Kier alpha value is -2.91. The molecule has 2 aromatic carbocycles. The van der Waals surface area contributed by atoms with Crippen LogP contribution in [0.2, 0.25) is 5.02 Å². The van der Waals surface area contributed by atoms with Gasteiger partial charge >= 0.3 is 0 Å². The second-order valence-corrected chi connectivity index (χ2v) is 5.30. The van der Waals surface area contributed by atoms with E-state index in [-0.39, 0.29) is 22.2 Å². The van der Waals surface area contributed by atoms with Crippen molar-refractivity contribution < 1.29 is 9.72 Å². The first kappa shape index (κ1) is 16.5. The number of nitriles is 1. The fourth-order valence-corrected chi connectivity index (χ4v) is 2.22. The van der Waals surface area contributed by atoms with Gasteiger partial charge in [0, 0.05) is 25.2 Å². The minimum absolute atomic E-state index is 0.0127. The third-order valence-electron chi connectivity index (χ3n) is 3.24. The number of hydrogen-bond donors (Lipinski definition) is 0. The molecule has 0 bridgehead atoms. The van der Waals surface area contributed by atoms with Crippen LogP contribution in [0.15, 0.2) is 42.5 Å². The fourth-order valence-electron chi connectivity index (χ4n) is 2.04. The van der Waals surface area contributed by atoms with Crippen molar-refractivity contribution in [1.82, 2.24) is 4.90 Å². The molecular formula is C16H12ClN3O3. The molecule has 7 heteroatoms. The van der Waals surface area contributed by atoms with Gasteiger partial charge in [0.1, 0.15) is 5.02 Å². The molecule has 0 unspecified atom stereocenters. The summed E-state index contributed by atoms with van der Waals surface area (Å²) in [5, 5.41) is 19.6. The van der Waals surface area contributed by atoms with Crippen LogP contribution in [0.5, 0.6) is 0 Å². The minimum Gasteiger partial charge on any atom is -0.337 e. The molecule has 116 valence electrons. The Kier molecular flexibility index (Phi) is 4.94. The number of nitro benzene ring substituents is 1. The van der Waals surface area contributed by atoms with Crippen molar-refractivity contribution in [1.29, 1.82) is 5.26 Å². The number of amides is 1. The first-order valence-electron chi connectivity index (χ1n) is 6.61. The van der Waals surface area contributed by atoms with Crippen LogP contribution in [0, 0.1) is 21.4 Å². The minimum atomic E-state index is -0.625. The average molecular weight is 330 g/mol. The van der Waals surface area contributed by atoms with E-state index in [0.29, 0.717) is 12.1 Å². The highest BCUT2D eigenvalue weighted by molar-refractivity contribution is 6.32. The monoisotopic (exact) mass is 329 g/mol. The van der Waals surface area contributed by atoms with Gasteiger partial charge in [-0.1, -0.05) is 23.7 Å². The van der Waals surface area contributed by atoms with Crippen LogP contribution in [0.3, 0.4) is 0 Å². The molecular weight excluding hydrogens is 318 g/mol. The molecule has 0 atom stereocenters. The van der Waals surface area contributed by atoms with Crippen molar-refractivity contribution in [2.45, 2.75) is 6.54 Å². The van der Waals surface area contributed by atoms with Crippen molar-refractivity contribution in [3.05, 3.63) is 74.3 Å². The molecule has 6 nitrogen and oxygen atoms in total. The predicted molar refractivity (Wildman–Crippen MR) is 85.1 cm³/mol. The largest absolute Gasteiger partial charge is 0.337 e. The lowest BCUT2D eigenvalue weighted by atomic mass is 10.1. The maximum absolute atomic E-state index is 12.4. The Morgan fingerprint density at radius 3 is 2.52 bits per heavy atom. The number of carbonyl (C=O) groups excluding carboxylic acids is 1. The Balaban J connectivity index is 2.17. The van der Waals surface area contributed by atoms with Gasteiger partial charge in [-0.25, -0.2) is 0 Å². The van der Waals surface area contributed by atoms with Gasteiger partial charge in [0.05, 0.1) is 16.6 Å². The van der Waals surface area contributed by atoms with Crippen molar-refractivity contribution >= 4 is 23.2 Å². The van der Waals surface area contributed by atoms with Gasteiger partial charge in [-0.3, -0.25) is 14.9 Å². The van der Waals surface area contributed by atoms with Crippen molar-refractivity contribution in [2.75, 3.05) is 7.05 Å². The van der Waals surface area contributed by atoms with E-state index < -0.39 is 4.92 Å². The van der Waals surface area contributed by atoms with Gasteiger partial charge in [-0.05, 0) is 29.8 Å². The Labute approximate surface area is 137 Å². The second-order valence-electron chi connectivity index (χ2n) is 4.89. The van der Waals surface area contributed by atoms with Crippen molar-refractivity contribution in [3.8, 4) is 6.07 Å². The topological polar surface area (TPSA) is 87.2 Å². The standard InChI is InChI=1S/C16H12ClN3O3/c1-19(10-12-4-2-11(9-18)3-5-12)16(21)13-6-7-14(17)15(8-13)20(22)23/h2-8H,10H2,1H3. The normalized spacial score (nSPS) is 9.96. The summed E-state index contributed by atoms with van der Waals surface area (Å²) in [5.41, 5.74) is 1.28. The summed E-state index contributed by atoms with van der Waals surface area (Å²) in [5.74, 6) is -0.353. The van der Waals surface area contributed by atoms with E-state index in [0.717, 1.165) is 5.56 Å². The summed E-state index contributed by atoms with van der Waals surface area (Å²) in [6.45, 7) is 0.320. The molecule has 0 aliphatic carbocycles. The van der Waals surface area contributed by atoms with E-state index in [4.69, 9.17) is 16.9 Å². The van der Waals surface area contributed by atoms with Crippen LogP contribution in [-0.4, -0.2) is 22.8 Å². The summed E-state index contributed by atoms with van der Waals surface area (Å²) < 4.78 is 0. The molecule has 0 aromatic heterocycles. The maximum atomic E-state index is 12.4. The van der Waals surface area contributed by atoms with Crippen LogP contribution >= 0.6 is 11.6 Å². The summed E-state index contributed by atoms with van der Waals surface area (Å²) >= 11 is 5.74. The van der Waals surface area contributed by atoms with Crippen LogP contribution < -0.4 is 0 Å². The van der Waals surface area contributed by atoms with Crippen LogP contribution in [-0.2, 0) is 6.54 Å². The number of carbonyl (C=O) groups is 1. The zero-order valence-corrected chi connectivity index (χ0v) is 12.9. The molecule has 0 fully saturated rings. The summed E-state index contributed by atoms with van der Waals surface area (Å²) in [6, 6.07) is 12.8. The van der Waals surface area contributed by atoms with E-state index in [1.54, 1.807) is 31.3 Å². The quantitative estimate of drug-likeness (QED) is 0.635. The van der Waals surface area contributed by atoms with Gasteiger partial charge in [-0.2, -0.15) is 5.26 Å². The highest BCUT2D eigenvalue weighted by Crippen LogP contribution is 2.25. The lowest BCUT2D eigenvalue weighted by Gasteiger charge is -2.17. The first-order valence-corrected chi connectivity index (χ1v) is 6.98. The Morgan fingerprint density at radius 2 is 1.96 bits per heavy atom. The summed E-state index contributed by atoms with van der Waals surface area (Å²) in [7, 11) is 1.60. The molecule has 2 aromatic rings. The molecule has 0 N–H and O–H groups in total. The lowest BCUT2D eigenvalue weighted by molar-refractivity contribution is -0.384. The van der Waals surface area contributed by atoms with E-state index >= 15 is 0 Å². The molecule has 0 radical (unpaired) electrons. The molecule has 1 amide bonds. The number of nitrogens with zero attached hydrogens (tertiary/aromatic N) is 3. The lowest BCUT2D eigenvalue weighted by Crippen LogP contribution is -2.26. The van der Waals surface area contributed by atoms with Crippen LogP contribution in [0.4, 0.5) is 5.69 Å². The number of hydrogen-bond acceptors (Lipinski definition) is 4. The van der Waals surface area contributed by atoms with E-state index in [9.17, 15) is 14.9 Å². The molecule has 0 aliphatic rings. The number of benzene rings is 2. The SMILES string of the molecule is CN(Cc1ccc(C#N)cc1)C(=O)c1ccc(Cl)c([N+](=O)[O-])c1. The highest BCUT2D eigenvalue weighted by atomic mass is 35.5. The number of halogens is 1. The third kappa shape index (κ3) is 3.84. The van der Waals surface area contributed by atoms with Gasteiger partial charge in [-0.15, -0.1) is 0 Å². The molecule has 23 heavy (non-hydrogen) atoms. The van der Waals surface area contributed by atoms with Gasteiger partial charge < -0.3 is 4.90 Å². The zero-order valence-electron chi connectivity index (χ0n) is 12.2. The van der Waals surface area contributed by atoms with Crippen LogP contribution in [0.1, 0.15) is 21.5 Å². The van der Waals surface area contributed by atoms with E-state index in [1.807, 2.05) is 6.07 Å². The molecule has 2 rings (SSSR count). The summed E-state index contributed by atoms with van der Waals surface area (Å²) in [4.78, 5) is 24.1. The summed E-state index contributed by atoms with van der Waals surface area (Å²) in [6.07, 6.45) is 0. The fraction of sp³-hybridized carbons (Fsp3) is 0.125. The average Bonchev–Trinajstić information content (AvgIpc) is 2.55. The van der Waals surface area contributed by atoms with Crippen molar-refractivity contribution in [3.63, 3.8) is 0 Å². The van der Waals surface area contributed by atoms with Gasteiger partial charge in [0.15, 0.2) is 0 Å². The zero-order chi connectivity index (χ0) is 17.0. The second kappa shape index (κ2) is 6.90. The molecule has 0 saturated heterocycles. The maximum Gasteiger partial charge on any atom is 0.288 e. The Morgan fingerprint density at radius 1 is 1.30 bits per heavy atom. The van der Waals surface area contributed by atoms with Crippen molar-refractivity contribution in [2.24, 2.45) is 0 Å². The number of rotatable bonds is 4. The smallest absolute Gasteiger partial charge is 0.288 e. The van der Waals surface area contributed by atoms with Crippen LogP contribution in [0.25, 0.3) is 0 Å². The first-order chi connectivity index (χ1) is 10.9. The highest BCUT2D eigenvalue weighted by Gasteiger charge is 2.18. The Bertz CT molecular complexity index is 797.